The van der Waals surface area contributed by atoms with Gasteiger partial charge in [0.05, 0.1) is 0 Å². The van der Waals surface area contributed by atoms with Crippen molar-refractivity contribution in [3.63, 3.8) is 0 Å². The first kappa shape index (κ1) is 14.7. The van der Waals surface area contributed by atoms with Crippen LogP contribution in [0.3, 0.4) is 0 Å². The molecule has 4 rings (SSSR count). The van der Waals surface area contributed by atoms with Crippen molar-refractivity contribution in [3.05, 3.63) is 17.7 Å². The summed E-state index contributed by atoms with van der Waals surface area (Å²) in [5, 5.41) is 2.18. The molecule has 4 aliphatic carbocycles. The quantitative estimate of drug-likeness (QED) is 0.459. The highest BCUT2D eigenvalue weighted by Gasteiger charge is 2.56. The number of rotatable bonds is 2. The predicted molar refractivity (Wildman–Crippen MR) is 87.5 cm³/mol. The van der Waals surface area contributed by atoms with Crippen molar-refractivity contribution in [2.45, 2.75) is 71.3 Å². The molecule has 0 unspecified atom stereocenters. The Kier molecular flexibility index (Phi) is 3.39. The largest absolute Gasteiger partial charge is 0.290 e. The van der Waals surface area contributed by atoms with Crippen molar-refractivity contribution in [3.8, 4) is 0 Å². The molecule has 0 amide bonds. The normalized spacial score (nSPS) is 53.3. The van der Waals surface area contributed by atoms with Gasteiger partial charge in [0.15, 0.2) is 0 Å². The first-order chi connectivity index (χ1) is 10.6. The second-order valence-electron chi connectivity index (χ2n) is 9.07. The van der Waals surface area contributed by atoms with E-state index in [2.05, 4.69) is 36.6 Å². The van der Waals surface area contributed by atoms with Gasteiger partial charge in [0, 0.05) is 6.04 Å². The fourth-order valence-corrected chi connectivity index (χ4v) is 6.96. The smallest absolute Gasteiger partial charge is 0.0118 e. The Morgan fingerprint density at radius 2 is 1.95 bits per heavy atom. The van der Waals surface area contributed by atoms with Gasteiger partial charge in [-0.25, -0.2) is 0 Å². The van der Waals surface area contributed by atoms with Gasteiger partial charge in [0.25, 0.3) is 0 Å². The molecule has 0 spiro atoms. The molecule has 4 aliphatic rings. The summed E-state index contributed by atoms with van der Waals surface area (Å²) in [4.78, 5) is 0. The van der Waals surface area contributed by atoms with E-state index in [0.717, 1.165) is 23.7 Å². The summed E-state index contributed by atoms with van der Waals surface area (Å²) in [5.41, 5.74) is 13.0. The Hall–Kier alpha value is -0.860. The van der Waals surface area contributed by atoms with Crippen molar-refractivity contribution in [1.82, 2.24) is 5.43 Å². The van der Waals surface area contributed by atoms with Crippen molar-refractivity contribution in [1.29, 1.82) is 0 Å². The van der Waals surface area contributed by atoms with Crippen LogP contribution in [0.4, 0.5) is 0 Å². The number of hydrazine groups is 1. The van der Waals surface area contributed by atoms with Crippen LogP contribution in [0, 0.1) is 34.5 Å². The highest BCUT2D eigenvalue weighted by Crippen LogP contribution is 2.64. The maximum absolute atomic E-state index is 8.93. The molecule has 0 bridgehead atoms. The van der Waals surface area contributed by atoms with Crippen molar-refractivity contribution in [2.24, 2.45) is 34.5 Å². The average Bonchev–Trinajstić information content (AvgIpc) is 2.89. The van der Waals surface area contributed by atoms with Crippen LogP contribution in [-0.4, -0.2) is 6.04 Å². The Morgan fingerprint density at radius 1 is 1.09 bits per heavy atom. The van der Waals surface area contributed by atoms with Gasteiger partial charge >= 0.3 is 0 Å². The summed E-state index contributed by atoms with van der Waals surface area (Å²) in [5.74, 6) is 3.65. The summed E-state index contributed by atoms with van der Waals surface area (Å²) in [6.45, 7) is 5.11. The van der Waals surface area contributed by atoms with E-state index in [4.69, 9.17) is 5.53 Å². The second kappa shape index (κ2) is 5.07. The van der Waals surface area contributed by atoms with Crippen LogP contribution >= 0.6 is 0 Å². The van der Waals surface area contributed by atoms with E-state index in [0.29, 0.717) is 16.9 Å². The van der Waals surface area contributed by atoms with Gasteiger partial charge in [0.2, 0.25) is 0 Å². The zero-order valence-electron chi connectivity index (χ0n) is 14.1. The standard InChI is InChI=1S/C19H31N3/c1-18-9-3-4-16(18)15-6-5-13-12-14(21-22-20)7-11-19(13,2)17(15)8-10-18/h3,9,13-17,22H,4-8,10-12H2,1-2H3,(H-,20,21)/t13-,14+,15+,16-,17+,18-,19-/m0/s1. The molecular formula is C19H31N3. The first-order valence-electron chi connectivity index (χ1n) is 9.39. The Labute approximate surface area is 134 Å². The number of hydrogen-bond acceptors (Lipinski definition) is 0. The monoisotopic (exact) mass is 301 g/mol. The molecule has 2 N–H and O–H groups in total. The summed E-state index contributed by atoms with van der Waals surface area (Å²) in [6, 6.07) is 0.446. The minimum absolute atomic E-state index is 0.446. The molecular weight excluding hydrogens is 270 g/mol. The number of nitrogens with zero attached hydrogens (tertiary/aromatic N) is 1. The third-order valence-electron chi connectivity index (χ3n) is 8.26. The van der Waals surface area contributed by atoms with E-state index in [1.165, 1.54) is 51.4 Å². The summed E-state index contributed by atoms with van der Waals surface area (Å²) in [6.07, 6.45) is 15.8. The Balaban J connectivity index is 1.56. The molecule has 0 aromatic heterocycles. The molecule has 3 fully saturated rings. The van der Waals surface area contributed by atoms with Gasteiger partial charge < -0.3 is 0 Å². The molecule has 3 saturated carbocycles. The molecule has 22 heavy (non-hydrogen) atoms. The topological polar surface area (TPSA) is 48.3 Å². The predicted octanol–water partition coefficient (Wildman–Crippen LogP) is 3.17. The van der Waals surface area contributed by atoms with Crippen LogP contribution in [0.25, 0.3) is 5.53 Å². The third-order valence-corrected chi connectivity index (χ3v) is 8.26. The lowest BCUT2D eigenvalue weighted by Gasteiger charge is -2.60. The van der Waals surface area contributed by atoms with Crippen molar-refractivity contribution >= 4 is 0 Å². The fraction of sp³-hybridized carbons (Fsp3) is 0.895. The molecule has 0 aliphatic heterocycles. The number of allylic oxidation sites excluding steroid dienone is 2. The van der Waals surface area contributed by atoms with Crippen molar-refractivity contribution < 1.29 is 5.22 Å². The third kappa shape index (κ3) is 2.00. The van der Waals surface area contributed by atoms with Gasteiger partial charge in [-0.05, 0) is 85.9 Å². The van der Waals surface area contributed by atoms with Crippen molar-refractivity contribution in [2.75, 3.05) is 0 Å². The minimum atomic E-state index is 0.446. The van der Waals surface area contributed by atoms with E-state index in [-0.39, 0.29) is 0 Å². The van der Waals surface area contributed by atoms with Crippen LogP contribution < -0.4 is 10.6 Å². The van der Waals surface area contributed by atoms with E-state index >= 15 is 0 Å². The molecule has 122 valence electrons. The minimum Gasteiger partial charge on any atom is -0.290 e. The van der Waals surface area contributed by atoms with Crippen LogP contribution in [0.5, 0.6) is 0 Å². The van der Waals surface area contributed by atoms with E-state index in [1.807, 2.05) is 0 Å². The molecule has 0 radical (unpaired) electrons. The summed E-state index contributed by atoms with van der Waals surface area (Å²) >= 11 is 0. The second-order valence-corrected chi connectivity index (χ2v) is 9.07. The highest BCUT2D eigenvalue weighted by atomic mass is 15.4. The SMILES string of the molecule is C[C@]12CC[C@@H](N[NH+]=[N-])C[C@@H]1CC[C@H]1[C@H]2CC[C@]2(C)C=CC[C@@H]12. The zero-order valence-corrected chi connectivity index (χ0v) is 14.1. The lowest BCUT2D eigenvalue weighted by atomic mass is 9.45. The zero-order chi connectivity index (χ0) is 15.4. The van der Waals surface area contributed by atoms with Crippen LogP contribution in [0.15, 0.2) is 12.2 Å². The van der Waals surface area contributed by atoms with E-state index in [1.54, 1.807) is 0 Å². The maximum Gasteiger partial charge on any atom is 0.0118 e. The first-order valence-corrected chi connectivity index (χ1v) is 9.39. The number of nitrogens with one attached hydrogen (secondary N) is 2. The number of hydrogen-bond donors (Lipinski definition) is 2. The number of fused-ring (bicyclic) bond motifs is 5. The van der Waals surface area contributed by atoms with Crippen LogP contribution in [-0.2, 0) is 0 Å². The molecule has 3 heteroatoms. The Morgan fingerprint density at radius 3 is 2.77 bits per heavy atom. The molecule has 0 aromatic carbocycles. The summed E-state index contributed by atoms with van der Waals surface area (Å²) < 4.78 is 0. The summed E-state index contributed by atoms with van der Waals surface area (Å²) in [7, 11) is 0. The Bertz CT molecular complexity index is 487. The van der Waals surface area contributed by atoms with Gasteiger partial charge in [-0.1, -0.05) is 26.0 Å². The highest BCUT2D eigenvalue weighted by molar-refractivity contribution is 5.16. The van der Waals surface area contributed by atoms with E-state index in [9.17, 15) is 0 Å². The van der Waals surface area contributed by atoms with Gasteiger partial charge in [0.1, 0.15) is 0 Å². The average molecular weight is 301 g/mol. The molecule has 7 atom stereocenters. The maximum atomic E-state index is 8.93. The molecule has 0 heterocycles. The lowest BCUT2D eigenvalue weighted by molar-refractivity contribution is -0.557. The molecule has 0 saturated heterocycles. The fourth-order valence-electron chi connectivity index (χ4n) is 6.96. The van der Waals surface area contributed by atoms with Gasteiger partial charge in [-0.15, -0.1) is 0 Å². The van der Waals surface area contributed by atoms with Gasteiger partial charge in [-0.3, -0.25) is 5.43 Å². The molecule has 3 nitrogen and oxygen atoms in total. The lowest BCUT2D eigenvalue weighted by Crippen LogP contribution is -2.78. The van der Waals surface area contributed by atoms with E-state index < -0.39 is 0 Å². The van der Waals surface area contributed by atoms with Gasteiger partial charge in [-0.2, -0.15) is 10.8 Å². The van der Waals surface area contributed by atoms with Crippen LogP contribution in [0.2, 0.25) is 0 Å². The molecule has 0 aromatic rings. The van der Waals surface area contributed by atoms with Crippen LogP contribution in [0.1, 0.15) is 65.2 Å².